The summed E-state index contributed by atoms with van der Waals surface area (Å²) in [5.74, 6) is -1.64. The van der Waals surface area contributed by atoms with Gasteiger partial charge in [-0.15, -0.1) is 6.58 Å². The molecule has 14 heavy (non-hydrogen) atoms. The highest BCUT2D eigenvalue weighted by Gasteiger charge is 2.17. The van der Waals surface area contributed by atoms with Gasteiger partial charge in [-0.1, -0.05) is 6.08 Å². The van der Waals surface area contributed by atoms with Gasteiger partial charge in [-0.05, 0) is 0 Å². The van der Waals surface area contributed by atoms with Crippen LogP contribution in [0, 0.1) is 11.6 Å². The van der Waals surface area contributed by atoms with Crippen LogP contribution in [-0.4, -0.2) is 12.2 Å². The van der Waals surface area contributed by atoms with Crippen LogP contribution in [0.15, 0.2) is 24.8 Å². The Hall–Kier alpha value is -1.42. The Morgan fingerprint density at radius 1 is 1.50 bits per heavy atom. The van der Waals surface area contributed by atoms with Crippen LogP contribution in [0.5, 0.6) is 5.75 Å². The smallest absolute Gasteiger partial charge is 0.135 e. The highest BCUT2D eigenvalue weighted by atomic mass is 19.1. The van der Waals surface area contributed by atoms with Crippen molar-refractivity contribution in [2.45, 2.75) is 6.10 Å². The zero-order valence-electron chi connectivity index (χ0n) is 7.63. The highest BCUT2D eigenvalue weighted by molar-refractivity contribution is 5.38. The van der Waals surface area contributed by atoms with E-state index in [1.807, 2.05) is 0 Å². The molecule has 1 rings (SSSR count). The van der Waals surface area contributed by atoms with E-state index in [0.29, 0.717) is 6.07 Å². The third-order valence-electron chi connectivity index (χ3n) is 1.80. The molecule has 0 saturated heterocycles. The van der Waals surface area contributed by atoms with E-state index in [9.17, 15) is 13.9 Å². The lowest BCUT2D eigenvalue weighted by molar-refractivity contribution is 0.217. The van der Waals surface area contributed by atoms with Crippen molar-refractivity contribution in [1.29, 1.82) is 0 Å². The number of rotatable bonds is 3. The molecule has 0 saturated carbocycles. The normalized spacial score (nSPS) is 12.3. The number of aliphatic hydroxyl groups is 1. The molecule has 0 aliphatic carbocycles. The maximum atomic E-state index is 13.2. The van der Waals surface area contributed by atoms with Crippen LogP contribution in [-0.2, 0) is 0 Å². The van der Waals surface area contributed by atoms with Crippen LogP contribution in [0.3, 0.4) is 0 Å². The first-order valence-electron chi connectivity index (χ1n) is 3.93. The summed E-state index contributed by atoms with van der Waals surface area (Å²) in [6.07, 6.45) is -0.0655. The number of hydrogen-bond donors (Lipinski definition) is 1. The Labute approximate surface area is 80.4 Å². The van der Waals surface area contributed by atoms with Gasteiger partial charge in [0.1, 0.15) is 23.5 Å². The molecule has 0 spiro atoms. The Morgan fingerprint density at radius 3 is 2.64 bits per heavy atom. The van der Waals surface area contributed by atoms with Gasteiger partial charge in [0, 0.05) is 12.1 Å². The largest absolute Gasteiger partial charge is 0.496 e. The summed E-state index contributed by atoms with van der Waals surface area (Å²) in [7, 11) is 1.27. The van der Waals surface area contributed by atoms with Crippen molar-refractivity contribution < 1.29 is 18.6 Å². The number of benzene rings is 1. The van der Waals surface area contributed by atoms with Gasteiger partial charge in [0.2, 0.25) is 0 Å². The van der Waals surface area contributed by atoms with Crippen LogP contribution in [0.2, 0.25) is 0 Å². The molecule has 1 N–H and O–H groups in total. The van der Waals surface area contributed by atoms with E-state index in [2.05, 4.69) is 6.58 Å². The minimum atomic E-state index is -1.20. The number of ether oxygens (including phenoxy) is 1. The topological polar surface area (TPSA) is 29.5 Å². The maximum Gasteiger partial charge on any atom is 0.135 e. The van der Waals surface area contributed by atoms with E-state index in [-0.39, 0.29) is 11.3 Å². The van der Waals surface area contributed by atoms with E-state index in [1.54, 1.807) is 0 Å². The first-order chi connectivity index (χ1) is 6.60. The molecule has 2 nitrogen and oxygen atoms in total. The average molecular weight is 200 g/mol. The summed E-state index contributed by atoms with van der Waals surface area (Å²) in [6, 6.07) is 1.69. The molecule has 0 aliphatic heterocycles. The molecular weight excluding hydrogens is 190 g/mol. The van der Waals surface area contributed by atoms with Crippen molar-refractivity contribution in [3.8, 4) is 5.75 Å². The second-order valence-electron chi connectivity index (χ2n) is 2.68. The van der Waals surface area contributed by atoms with Crippen molar-refractivity contribution in [3.63, 3.8) is 0 Å². The standard InChI is InChI=1S/C10H10F2O2/c1-3-8(13)10-7(12)4-6(11)5-9(10)14-2/h3-5,8,13H,1H2,2H3. The molecule has 0 radical (unpaired) electrons. The van der Waals surface area contributed by atoms with Crippen LogP contribution in [0.4, 0.5) is 8.78 Å². The first kappa shape index (κ1) is 10.7. The van der Waals surface area contributed by atoms with Crippen LogP contribution in [0.25, 0.3) is 0 Å². The molecule has 76 valence electrons. The van der Waals surface area contributed by atoms with Gasteiger partial charge in [-0.25, -0.2) is 8.78 Å². The van der Waals surface area contributed by atoms with E-state index in [4.69, 9.17) is 4.74 Å². The minimum Gasteiger partial charge on any atom is -0.496 e. The summed E-state index contributed by atoms with van der Waals surface area (Å²) in [6.45, 7) is 3.31. The Kier molecular flexibility index (Phi) is 3.19. The fourth-order valence-electron chi connectivity index (χ4n) is 1.13. The third-order valence-corrected chi connectivity index (χ3v) is 1.80. The molecule has 1 aromatic rings. The van der Waals surface area contributed by atoms with E-state index < -0.39 is 17.7 Å². The monoisotopic (exact) mass is 200 g/mol. The molecule has 0 aromatic heterocycles. The molecule has 0 amide bonds. The molecule has 0 bridgehead atoms. The molecule has 1 atom stereocenters. The molecule has 4 heteroatoms. The lowest BCUT2D eigenvalue weighted by Gasteiger charge is -2.12. The van der Waals surface area contributed by atoms with Crippen molar-refractivity contribution in [2.24, 2.45) is 0 Å². The van der Waals surface area contributed by atoms with Gasteiger partial charge >= 0.3 is 0 Å². The Balaban J connectivity index is 3.31. The second-order valence-corrected chi connectivity index (χ2v) is 2.68. The van der Waals surface area contributed by atoms with E-state index in [0.717, 1.165) is 12.1 Å². The lowest BCUT2D eigenvalue weighted by Crippen LogP contribution is -2.02. The summed E-state index contributed by atoms with van der Waals surface area (Å²) < 4.78 is 30.7. The highest BCUT2D eigenvalue weighted by Crippen LogP contribution is 2.29. The zero-order chi connectivity index (χ0) is 10.7. The van der Waals surface area contributed by atoms with Crippen molar-refractivity contribution in [3.05, 3.63) is 42.0 Å². The molecular formula is C10H10F2O2. The summed E-state index contributed by atoms with van der Waals surface area (Å²) in [5.41, 5.74) is -0.107. The third kappa shape index (κ3) is 1.90. The predicted molar refractivity (Wildman–Crippen MR) is 48.1 cm³/mol. The summed E-state index contributed by atoms with van der Waals surface area (Å²) in [5, 5.41) is 9.35. The number of methoxy groups -OCH3 is 1. The van der Waals surface area contributed by atoms with Gasteiger partial charge in [0.15, 0.2) is 0 Å². The van der Waals surface area contributed by atoms with Crippen molar-refractivity contribution >= 4 is 0 Å². The second kappa shape index (κ2) is 4.19. The van der Waals surface area contributed by atoms with Gasteiger partial charge in [-0.3, -0.25) is 0 Å². The fraction of sp³-hybridized carbons (Fsp3) is 0.200. The number of aliphatic hydroxyl groups excluding tert-OH is 1. The summed E-state index contributed by atoms with van der Waals surface area (Å²) >= 11 is 0. The molecule has 0 fully saturated rings. The fourth-order valence-corrected chi connectivity index (χ4v) is 1.13. The van der Waals surface area contributed by atoms with Crippen molar-refractivity contribution in [1.82, 2.24) is 0 Å². The molecule has 1 aromatic carbocycles. The quantitative estimate of drug-likeness (QED) is 0.758. The van der Waals surface area contributed by atoms with Crippen LogP contribution < -0.4 is 4.74 Å². The lowest BCUT2D eigenvalue weighted by atomic mass is 10.1. The first-order valence-corrected chi connectivity index (χ1v) is 3.93. The predicted octanol–water partition coefficient (Wildman–Crippen LogP) is 2.19. The Morgan fingerprint density at radius 2 is 2.14 bits per heavy atom. The molecule has 0 aliphatic rings. The number of halogens is 2. The van der Waals surface area contributed by atoms with Gasteiger partial charge in [0.25, 0.3) is 0 Å². The van der Waals surface area contributed by atoms with Gasteiger partial charge in [-0.2, -0.15) is 0 Å². The number of hydrogen-bond acceptors (Lipinski definition) is 2. The van der Waals surface area contributed by atoms with Crippen molar-refractivity contribution in [2.75, 3.05) is 7.11 Å². The average Bonchev–Trinajstić information content (AvgIpc) is 2.15. The van der Waals surface area contributed by atoms with E-state index in [1.165, 1.54) is 7.11 Å². The van der Waals surface area contributed by atoms with Gasteiger partial charge < -0.3 is 9.84 Å². The van der Waals surface area contributed by atoms with Crippen LogP contribution in [0.1, 0.15) is 11.7 Å². The maximum absolute atomic E-state index is 13.2. The van der Waals surface area contributed by atoms with E-state index >= 15 is 0 Å². The minimum absolute atomic E-state index is 0.0325. The Bertz CT molecular complexity index is 350. The zero-order valence-corrected chi connectivity index (χ0v) is 7.63. The summed E-state index contributed by atoms with van der Waals surface area (Å²) in [4.78, 5) is 0. The SMILES string of the molecule is C=CC(O)c1c(F)cc(F)cc1OC. The van der Waals surface area contributed by atoms with Gasteiger partial charge in [0.05, 0.1) is 12.7 Å². The van der Waals surface area contributed by atoms with Crippen LogP contribution >= 0.6 is 0 Å². The molecule has 1 unspecified atom stereocenters. The molecule has 0 heterocycles.